The van der Waals surface area contributed by atoms with E-state index in [1.165, 1.54) is 11.8 Å². The van der Waals surface area contributed by atoms with Crippen LogP contribution in [-0.4, -0.2) is 38.0 Å². The lowest BCUT2D eigenvalue weighted by Crippen LogP contribution is -2.15. The van der Waals surface area contributed by atoms with Crippen molar-refractivity contribution in [3.63, 3.8) is 0 Å². The van der Waals surface area contributed by atoms with Crippen molar-refractivity contribution < 1.29 is 9.53 Å². The van der Waals surface area contributed by atoms with Crippen LogP contribution < -0.4 is 15.6 Å². The number of ether oxygens (including phenoxy) is 1. The van der Waals surface area contributed by atoms with E-state index in [-0.39, 0.29) is 17.2 Å². The molecule has 4 aromatic rings. The first-order valence-electron chi connectivity index (χ1n) is 10.2. The third-order valence-corrected chi connectivity index (χ3v) is 5.81. The van der Waals surface area contributed by atoms with Crippen molar-refractivity contribution in [1.82, 2.24) is 19.7 Å². The maximum absolute atomic E-state index is 12.5. The van der Waals surface area contributed by atoms with Gasteiger partial charge in [0.05, 0.1) is 24.2 Å². The summed E-state index contributed by atoms with van der Waals surface area (Å²) in [7, 11) is 0. The number of nitrogens with one attached hydrogen (secondary N) is 2. The number of nitrogens with zero attached hydrogens (tertiary/aromatic N) is 3. The summed E-state index contributed by atoms with van der Waals surface area (Å²) < 4.78 is 7.04. The number of aromatic nitrogens is 4. The fraction of sp³-hybridized carbons (Fsp3) is 0.217. The normalized spacial score (nSPS) is 11.0. The predicted octanol–water partition coefficient (Wildman–Crippen LogP) is 3.86. The molecule has 0 saturated heterocycles. The van der Waals surface area contributed by atoms with Gasteiger partial charge in [0, 0.05) is 5.69 Å². The van der Waals surface area contributed by atoms with Gasteiger partial charge in [0.1, 0.15) is 11.1 Å². The van der Waals surface area contributed by atoms with Crippen molar-refractivity contribution in [2.45, 2.75) is 25.9 Å². The number of thioether (sulfide) groups is 1. The molecule has 0 saturated carbocycles. The molecule has 2 heterocycles. The average Bonchev–Trinajstić information content (AvgIpc) is 3.20. The predicted molar refractivity (Wildman–Crippen MR) is 126 cm³/mol. The van der Waals surface area contributed by atoms with Crippen molar-refractivity contribution in [3.8, 4) is 11.4 Å². The molecule has 0 aliphatic rings. The molecular formula is C23H23N5O3S. The molecular weight excluding hydrogens is 426 g/mol. The minimum atomic E-state index is -0.292. The molecule has 0 atom stereocenters. The minimum Gasteiger partial charge on any atom is -0.494 e. The van der Waals surface area contributed by atoms with Gasteiger partial charge in [-0.15, -0.1) is 0 Å². The Labute approximate surface area is 189 Å². The first-order valence-corrected chi connectivity index (χ1v) is 11.1. The van der Waals surface area contributed by atoms with E-state index in [9.17, 15) is 9.59 Å². The molecule has 2 aromatic carbocycles. The minimum absolute atomic E-state index is 0.0967. The van der Waals surface area contributed by atoms with Crippen LogP contribution in [0.4, 0.5) is 5.69 Å². The van der Waals surface area contributed by atoms with Crippen LogP contribution in [0.5, 0.6) is 5.75 Å². The SMILES string of the molecule is CCOc1ccc(NC(=O)CSc2nc3c(cnn3-c3ccc(C)c(C)c3)c(=O)[nH]2)cc1. The molecule has 0 unspecified atom stereocenters. The lowest BCUT2D eigenvalue weighted by molar-refractivity contribution is -0.113. The van der Waals surface area contributed by atoms with Gasteiger partial charge in [-0.05, 0) is 68.3 Å². The molecule has 0 aliphatic carbocycles. The number of aromatic amines is 1. The van der Waals surface area contributed by atoms with Crippen LogP contribution in [-0.2, 0) is 4.79 Å². The summed E-state index contributed by atoms with van der Waals surface area (Å²) in [5.74, 6) is 0.638. The monoisotopic (exact) mass is 449 g/mol. The van der Waals surface area contributed by atoms with E-state index in [0.717, 1.165) is 28.8 Å². The van der Waals surface area contributed by atoms with Crippen molar-refractivity contribution in [2.75, 3.05) is 17.7 Å². The smallest absolute Gasteiger partial charge is 0.262 e. The molecule has 0 fully saturated rings. The number of carbonyl (C=O) groups is 1. The Morgan fingerprint density at radius 3 is 2.66 bits per heavy atom. The molecule has 4 rings (SSSR count). The van der Waals surface area contributed by atoms with Crippen molar-refractivity contribution in [2.24, 2.45) is 0 Å². The highest BCUT2D eigenvalue weighted by Crippen LogP contribution is 2.20. The number of fused-ring (bicyclic) bond motifs is 1. The summed E-state index contributed by atoms with van der Waals surface area (Å²) >= 11 is 1.16. The molecule has 32 heavy (non-hydrogen) atoms. The largest absolute Gasteiger partial charge is 0.494 e. The van der Waals surface area contributed by atoms with Crippen LogP contribution in [0, 0.1) is 13.8 Å². The van der Waals surface area contributed by atoms with Gasteiger partial charge in [-0.25, -0.2) is 9.67 Å². The summed E-state index contributed by atoms with van der Waals surface area (Å²) in [6.45, 7) is 6.56. The Kier molecular flexibility index (Phi) is 6.27. The highest BCUT2D eigenvalue weighted by Gasteiger charge is 2.13. The second-order valence-corrected chi connectivity index (χ2v) is 8.19. The zero-order valence-electron chi connectivity index (χ0n) is 18.0. The van der Waals surface area contributed by atoms with Gasteiger partial charge in [-0.3, -0.25) is 9.59 Å². The number of rotatable bonds is 7. The highest BCUT2D eigenvalue weighted by atomic mass is 32.2. The number of benzene rings is 2. The van der Waals surface area contributed by atoms with Crippen LogP contribution in [0.15, 0.2) is 58.6 Å². The van der Waals surface area contributed by atoms with Crippen LogP contribution in [0.3, 0.4) is 0 Å². The van der Waals surface area contributed by atoms with Crippen LogP contribution in [0.1, 0.15) is 18.1 Å². The topological polar surface area (TPSA) is 102 Å². The summed E-state index contributed by atoms with van der Waals surface area (Å²) in [6, 6.07) is 13.1. The Hall–Kier alpha value is -3.59. The van der Waals surface area contributed by atoms with Gasteiger partial charge in [0.25, 0.3) is 5.56 Å². The van der Waals surface area contributed by atoms with Crippen LogP contribution in [0.2, 0.25) is 0 Å². The number of hydrogen-bond donors (Lipinski definition) is 2. The van der Waals surface area contributed by atoms with E-state index in [1.54, 1.807) is 28.9 Å². The number of anilines is 1. The molecule has 164 valence electrons. The van der Waals surface area contributed by atoms with Crippen LogP contribution >= 0.6 is 11.8 Å². The summed E-state index contributed by atoms with van der Waals surface area (Å²) in [5.41, 5.74) is 3.95. The van der Waals surface area contributed by atoms with Gasteiger partial charge in [0.2, 0.25) is 5.91 Å². The molecule has 9 heteroatoms. The van der Waals surface area contributed by atoms with Crippen molar-refractivity contribution in [1.29, 1.82) is 0 Å². The molecule has 2 aromatic heterocycles. The van der Waals surface area contributed by atoms with E-state index in [2.05, 4.69) is 20.4 Å². The van der Waals surface area contributed by atoms with E-state index >= 15 is 0 Å². The van der Waals surface area contributed by atoms with E-state index < -0.39 is 0 Å². The fourth-order valence-electron chi connectivity index (χ4n) is 3.15. The molecule has 0 radical (unpaired) electrons. The van der Waals surface area contributed by atoms with Crippen LogP contribution in [0.25, 0.3) is 16.7 Å². The van der Waals surface area contributed by atoms with Gasteiger partial charge >= 0.3 is 0 Å². The Morgan fingerprint density at radius 2 is 1.94 bits per heavy atom. The summed E-state index contributed by atoms with van der Waals surface area (Å²) in [6.07, 6.45) is 1.50. The second kappa shape index (κ2) is 9.27. The molecule has 0 aliphatic heterocycles. The number of carbonyl (C=O) groups excluding carboxylic acids is 1. The van der Waals surface area contributed by atoms with Crippen molar-refractivity contribution in [3.05, 3.63) is 70.1 Å². The van der Waals surface area contributed by atoms with E-state index in [1.807, 2.05) is 39.0 Å². The van der Waals surface area contributed by atoms with Gasteiger partial charge in [-0.1, -0.05) is 17.8 Å². The molecule has 1 amide bonds. The van der Waals surface area contributed by atoms with E-state index in [4.69, 9.17) is 4.74 Å². The maximum atomic E-state index is 12.5. The lowest BCUT2D eigenvalue weighted by atomic mass is 10.1. The summed E-state index contributed by atoms with van der Waals surface area (Å²) in [4.78, 5) is 32.1. The first kappa shape index (κ1) is 21.6. The van der Waals surface area contributed by atoms with Gasteiger partial charge in [0.15, 0.2) is 10.8 Å². The Balaban J connectivity index is 1.50. The quantitative estimate of drug-likeness (QED) is 0.328. The Bertz CT molecular complexity index is 1330. The summed E-state index contributed by atoms with van der Waals surface area (Å²) in [5, 5.41) is 7.92. The third-order valence-electron chi connectivity index (χ3n) is 4.94. The highest BCUT2D eigenvalue weighted by molar-refractivity contribution is 7.99. The van der Waals surface area contributed by atoms with Crippen molar-refractivity contribution >= 4 is 34.4 Å². The zero-order chi connectivity index (χ0) is 22.7. The number of hydrogen-bond acceptors (Lipinski definition) is 6. The average molecular weight is 450 g/mol. The second-order valence-electron chi connectivity index (χ2n) is 7.23. The first-order chi connectivity index (χ1) is 15.4. The molecule has 2 N–H and O–H groups in total. The van der Waals surface area contributed by atoms with Gasteiger partial charge < -0.3 is 15.0 Å². The molecule has 0 bridgehead atoms. The molecule has 0 spiro atoms. The lowest BCUT2D eigenvalue weighted by Gasteiger charge is -2.08. The third kappa shape index (κ3) is 4.67. The number of H-pyrrole nitrogens is 1. The number of aryl methyl sites for hydroxylation is 2. The molecule has 8 nitrogen and oxygen atoms in total. The van der Waals surface area contributed by atoms with Gasteiger partial charge in [-0.2, -0.15) is 5.10 Å². The zero-order valence-corrected chi connectivity index (χ0v) is 18.8. The fourth-order valence-corrected chi connectivity index (χ4v) is 3.80. The van der Waals surface area contributed by atoms with E-state index in [0.29, 0.717) is 28.5 Å². The number of amides is 1. The maximum Gasteiger partial charge on any atom is 0.262 e. The standard InChI is InChI=1S/C23H23N5O3S/c1-4-31-18-9-6-16(7-10-18)25-20(29)13-32-23-26-21-19(22(30)27-23)12-24-28(21)17-8-5-14(2)15(3)11-17/h5-12H,4,13H2,1-3H3,(H,25,29)(H,26,27,30). The Morgan fingerprint density at radius 1 is 1.16 bits per heavy atom.